The van der Waals surface area contributed by atoms with Gasteiger partial charge in [0.25, 0.3) is 0 Å². The predicted molar refractivity (Wildman–Crippen MR) is 87.5 cm³/mol. The van der Waals surface area contributed by atoms with Gasteiger partial charge in [0.15, 0.2) is 0 Å². The topological polar surface area (TPSA) is 35.2 Å². The molecule has 106 valence electrons. The molecule has 0 heterocycles. The van der Waals surface area contributed by atoms with E-state index < -0.39 is 5.54 Å². The average molecular weight is 355 g/mol. The monoisotopic (exact) mass is 353 g/mol. The Morgan fingerprint density at radius 1 is 1.15 bits per heavy atom. The molecule has 2 nitrogen and oxygen atoms in total. The molecule has 0 amide bonds. The van der Waals surface area contributed by atoms with E-state index in [-0.39, 0.29) is 0 Å². The first-order valence-electron chi connectivity index (χ1n) is 6.26. The summed E-state index contributed by atoms with van der Waals surface area (Å²) in [6.45, 7) is 3.99. The Labute approximate surface area is 133 Å². The number of methoxy groups -OCH3 is 1. The van der Waals surface area contributed by atoms with Crippen molar-refractivity contribution in [1.29, 1.82) is 0 Å². The van der Waals surface area contributed by atoms with E-state index in [4.69, 9.17) is 22.1 Å². The van der Waals surface area contributed by atoms with Gasteiger partial charge in [0.05, 0.1) is 12.6 Å². The van der Waals surface area contributed by atoms with Gasteiger partial charge in [-0.3, -0.25) is 0 Å². The Morgan fingerprint density at radius 3 is 2.35 bits per heavy atom. The fourth-order valence-corrected chi connectivity index (χ4v) is 3.27. The third-order valence-electron chi connectivity index (χ3n) is 3.48. The number of rotatable bonds is 3. The van der Waals surface area contributed by atoms with Crippen molar-refractivity contribution < 1.29 is 4.74 Å². The van der Waals surface area contributed by atoms with Gasteiger partial charge in [0, 0.05) is 9.50 Å². The van der Waals surface area contributed by atoms with E-state index >= 15 is 0 Å². The minimum Gasteiger partial charge on any atom is -0.497 e. The van der Waals surface area contributed by atoms with Gasteiger partial charge in [-0.25, -0.2) is 0 Å². The van der Waals surface area contributed by atoms with Gasteiger partial charge in [-0.05, 0) is 54.8 Å². The molecule has 2 aromatic rings. The van der Waals surface area contributed by atoms with Gasteiger partial charge < -0.3 is 10.5 Å². The number of hydrogen-bond acceptors (Lipinski definition) is 2. The third-order valence-corrected chi connectivity index (χ3v) is 4.29. The van der Waals surface area contributed by atoms with Crippen LogP contribution in [-0.2, 0) is 5.54 Å². The fraction of sp³-hybridized carbons (Fsp3) is 0.250. The maximum atomic E-state index is 6.56. The molecule has 1 atom stereocenters. The van der Waals surface area contributed by atoms with Crippen molar-refractivity contribution >= 4 is 27.5 Å². The van der Waals surface area contributed by atoms with Crippen molar-refractivity contribution in [2.75, 3.05) is 7.11 Å². The lowest BCUT2D eigenvalue weighted by atomic mass is 9.83. The minimum atomic E-state index is -0.659. The zero-order chi connectivity index (χ0) is 14.9. The lowest BCUT2D eigenvalue weighted by Crippen LogP contribution is -2.35. The molecule has 1 unspecified atom stereocenters. The van der Waals surface area contributed by atoms with Gasteiger partial charge in [-0.1, -0.05) is 39.7 Å². The molecule has 4 heteroatoms. The Kier molecular flexibility index (Phi) is 4.43. The van der Waals surface area contributed by atoms with Crippen LogP contribution in [0, 0.1) is 6.92 Å². The van der Waals surface area contributed by atoms with E-state index in [0.717, 1.165) is 26.9 Å². The van der Waals surface area contributed by atoms with Crippen LogP contribution in [0.2, 0.25) is 5.02 Å². The fourth-order valence-electron chi connectivity index (χ4n) is 2.40. The number of benzene rings is 2. The number of halogens is 2. The minimum absolute atomic E-state index is 0.652. The van der Waals surface area contributed by atoms with Crippen LogP contribution >= 0.6 is 27.5 Å². The summed E-state index contributed by atoms with van der Waals surface area (Å²) in [5, 5.41) is 0.652. The second-order valence-corrected chi connectivity index (χ2v) is 6.33. The number of ether oxygens (including phenoxy) is 1. The van der Waals surface area contributed by atoms with E-state index in [1.807, 2.05) is 50.2 Å². The highest BCUT2D eigenvalue weighted by atomic mass is 79.9. The average Bonchev–Trinajstić information content (AvgIpc) is 2.37. The molecule has 0 saturated carbocycles. The lowest BCUT2D eigenvalue weighted by molar-refractivity contribution is 0.414. The molecule has 2 rings (SSSR count). The van der Waals surface area contributed by atoms with Crippen LogP contribution in [0.15, 0.2) is 40.9 Å². The van der Waals surface area contributed by atoms with Crippen molar-refractivity contribution in [2.45, 2.75) is 19.4 Å². The Morgan fingerprint density at radius 2 is 1.80 bits per heavy atom. The highest BCUT2D eigenvalue weighted by Crippen LogP contribution is 2.35. The molecule has 0 fully saturated rings. The molecule has 0 aromatic heterocycles. The lowest BCUT2D eigenvalue weighted by Gasteiger charge is -2.29. The zero-order valence-corrected chi connectivity index (χ0v) is 14.0. The molecular formula is C16H17BrClNO. The highest BCUT2D eigenvalue weighted by Gasteiger charge is 2.28. The molecule has 0 spiro atoms. The Hall–Kier alpha value is -1.03. The number of aryl methyl sites for hydroxylation is 1. The summed E-state index contributed by atoms with van der Waals surface area (Å²) >= 11 is 9.75. The maximum absolute atomic E-state index is 6.56. The standard InChI is InChI=1S/C16H17BrClNO/c1-10-8-12(20-3)5-7-13(10)16(2,19)14-6-4-11(17)9-15(14)18/h4-9H,19H2,1-3H3. The zero-order valence-electron chi connectivity index (χ0n) is 11.7. The van der Waals surface area contributed by atoms with E-state index in [1.54, 1.807) is 7.11 Å². The summed E-state index contributed by atoms with van der Waals surface area (Å²) in [6, 6.07) is 11.7. The Balaban J connectivity index is 2.54. The van der Waals surface area contributed by atoms with Gasteiger partial charge in [0.1, 0.15) is 5.75 Å². The molecule has 0 aliphatic carbocycles. The van der Waals surface area contributed by atoms with Crippen molar-refractivity contribution in [3.8, 4) is 5.75 Å². The normalized spacial score (nSPS) is 13.9. The molecule has 0 aliphatic heterocycles. The summed E-state index contributed by atoms with van der Waals surface area (Å²) in [6.07, 6.45) is 0. The molecule has 20 heavy (non-hydrogen) atoms. The van der Waals surface area contributed by atoms with Gasteiger partial charge in [-0.15, -0.1) is 0 Å². The smallest absolute Gasteiger partial charge is 0.119 e. The summed E-state index contributed by atoms with van der Waals surface area (Å²) < 4.78 is 6.17. The van der Waals surface area contributed by atoms with E-state index in [0.29, 0.717) is 5.02 Å². The quantitative estimate of drug-likeness (QED) is 0.871. The van der Waals surface area contributed by atoms with Crippen molar-refractivity contribution in [3.63, 3.8) is 0 Å². The molecule has 2 aromatic carbocycles. The molecular weight excluding hydrogens is 338 g/mol. The first-order valence-corrected chi connectivity index (χ1v) is 7.43. The summed E-state index contributed by atoms with van der Waals surface area (Å²) in [7, 11) is 1.65. The van der Waals surface area contributed by atoms with Crippen LogP contribution in [0.1, 0.15) is 23.6 Å². The third kappa shape index (κ3) is 2.85. The van der Waals surface area contributed by atoms with Crippen molar-refractivity contribution in [2.24, 2.45) is 5.73 Å². The maximum Gasteiger partial charge on any atom is 0.119 e. The van der Waals surface area contributed by atoms with Crippen LogP contribution in [0.4, 0.5) is 0 Å². The van der Waals surface area contributed by atoms with Gasteiger partial charge >= 0.3 is 0 Å². The van der Waals surface area contributed by atoms with E-state index in [9.17, 15) is 0 Å². The Bertz CT molecular complexity index is 640. The number of nitrogens with two attached hydrogens (primary N) is 1. The van der Waals surface area contributed by atoms with Crippen LogP contribution in [0.25, 0.3) is 0 Å². The molecule has 0 radical (unpaired) electrons. The first-order chi connectivity index (χ1) is 9.36. The van der Waals surface area contributed by atoms with Crippen LogP contribution in [0.5, 0.6) is 5.75 Å². The SMILES string of the molecule is COc1ccc(C(C)(N)c2ccc(Br)cc2Cl)c(C)c1. The second kappa shape index (κ2) is 5.76. The second-order valence-electron chi connectivity index (χ2n) is 5.01. The molecule has 0 saturated heterocycles. The van der Waals surface area contributed by atoms with E-state index in [2.05, 4.69) is 15.9 Å². The summed E-state index contributed by atoms with van der Waals surface area (Å²) in [5.74, 6) is 0.823. The number of hydrogen-bond donors (Lipinski definition) is 1. The largest absolute Gasteiger partial charge is 0.497 e. The van der Waals surface area contributed by atoms with Gasteiger partial charge in [0.2, 0.25) is 0 Å². The molecule has 2 N–H and O–H groups in total. The molecule has 0 aliphatic rings. The highest BCUT2D eigenvalue weighted by molar-refractivity contribution is 9.10. The van der Waals surface area contributed by atoms with Crippen LogP contribution in [-0.4, -0.2) is 7.11 Å². The predicted octanol–water partition coefficient (Wildman–Crippen LogP) is 4.64. The molecule has 0 bridgehead atoms. The van der Waals surface area contributed by atoms with Crippen LogP contribution in [0.3, 0.4) is 0 Å². The van der Waals surface area contributed by atoms with E-state index in [1.165, 1.54) is 0 Å². The summed E-state index contributed by atoms with van der Waals surface area (Å²) in [4.78, 5) is 0. The van der Waals surface area contributed by atoms with Gasteiger partial charge in [-0.2, -0.15) is 0 Å². The first kappa shape index (κ1) is 15.4. The van der Waals surface area contributed by atoms with Crippen LogP contribution < -0.4 is 10.5 Å². The van der Waals surface area contributed by atoms with Crippen molar-refractivity contribution in [3.05, 3.63) is 62.6 Å². The summed E-state index contributed by atoms with van der Waals surface area (Å²) in [5.41, 5.74) is 8.91. The van der Waals surface area contributed by atoms with Crippen molar-refractivity contribution in [1.82, 2.24) is 0 Å².